The van der Waals surface area contributed by atoms with Gasteiger partial charge in [-0.1, -0.05) is 36.4 Å². The third-order valence-corrected chi connectivity index (χ3v) is 5.06. The second-order valence-corrected chi connectivity index (χ2v) is 6.99. The first-order valence-corrected chi connectivity index (χ1v) is 9.36. The number of carbonyl (C=O) groups excluding carboxylic acids is 1. The van der Waals surface area contributed by atoms with E-state index in [9.17, 15) is 9.59 Å². The molecule has 0 spiro atoms. The van der Waals surface area contributed by atoms with Gasteiger partial charge >= 0.3 is 12.0 Å². The van der Waals surface area contributed by atoms with E-state index in [1.54, 1.807) is 6.20 Å². The molecule has 27 heavy (non-hydrogen) atoms. The molecule has 0 aliphatic heterocycles. The molecule has 0 radical (unpaired) electrons. The van der Waals surface area contributed by atoms with Gasteiger partial charge in [0.1, 0.15) is 0 Å². The molecule has 2 aromatic rings. The zero-order valence-corrected chi connectivity index (χ0v) is 15.2. The predicted octanol–water partition coefficient (Wildman–Crippen LogP) is 3.31. The summed E-state index contributed by atoms with van der Waals surface area (Å²) in [5.74, 6) is -1.02. The number of carbonyl (C=O) groups is 2. The highest BCUT2D eigenvalue weighted by Gasteiger charge is 2.27. The number of carboxylic acid groups (broad SMARTS) is 1. The van der Waals surface area contributed by atoms with Gasteiger partial charge in [0.25, 0.3) is 0 Å². The van der Waals surface area contributed by atoms with E-state index in [-0.39, 0.29) is 24.0 Å². The van der Waals surface area contributed by atoms with E-state index in [1.807, 2.05) is 48.5 Å². The molecule has 1 heterocycles. The van der Waals surface area contributed by atoms with E-state index < -0.39 is 5.97 Å². The third-order valence-electron chi connectivity index (χ3n) is 5.06. The molecule has 1 atom stereocenters. The number of amides is 2. The average molecular weight is 367 g/mol. The third kappa shape index (κ3) is 5.54. The maximum atomic E-state index is 12.5. The Morgan fingerprint density at radius 2 is 1.74 bits per heavy atom. The van der Waals surface area contributed by atoms with Gasteiger partial charge in [-0.3, -0.25) is 9.78 Å². The molecule has 1 aliphatic carbocycles. The molecule has 3 N–H and O–H groups in total. The smallest absolute Gasteiger partial charge is 0.315 e. The Kier molecular flexibility index (Phi) is 6.41. The maximum absolute atomic E-state index is 12.5. The molecule has 1 aliphatic rings. The van der Waals surface area contributed by atoms with Gasteiger partial charge in [-0.25, -0.2) is 4.79 Å². The molecule has 1 aromatic carbocycles. The van der Waals surface area contributed by atoms with Crippen LogP contribution in [0.5, 0.6) is 0 Å². The normalized spacial score (nSPS) is 20.4. The molecule has 1 saturated carbocycles. The highest BCUT2D eigenvalue weighted by molar-refractivity contribution is 5.75. The van der Waals surface area contributed by atoms with Crippen molar-refractivity contribution >= 4 is 12.0 Å². The van der Waals surface area contributed by atoms with Crippen LogP contribution >= 0.6 is 0 Å². The number of benzene rings is 1. The van der Waals surface area contributed by atoms with Crippen LogP contribution in [-0.4, -0.2) is 28.1 Å². The van der Waals surface area contributed by atoms with Crippen molar-refractivity contribution in [3.05, 3.63) is 66.0 Å². The van der Waals surface area contributed by atoms with Crippen molar-refractivity contribution in [3.8, 4) is 0 Å². The Balaban J connectivity index is 1.60. The van der Waals surface area contributed by atoms with Gasteiger partial charge in [0.05, 0.1) is 12.0 Å². The van der Waals surface area contributed by atoms with E-state index in [0.717, 1.165) is 11.3 Å². The molecule has 1 aromatic heterocycles. The summed E-state index contributed by atoms with van der Waals surface area (Å²) in [5.41, 5.74) is 1.93. The second kappa shape index (κ2) is 9.16. The molecule has 1 unspecified atom stereocenters. The largest absolute Gasteiger partial charge is 0.481 e. The Bertz CT molecular complexity index is 744. The van der Waals surface area contributed by atoms with E-state index in [2.05, 4.69) is 15.6 Å². The summed E-state index contributed by atoms with van der Waals surface area (Å²) in [6.07, 6.45) is 4.95. The molecule has 3 rings (SSSR count). The van der Waals surface area contributed by atoms with Crippen molar-refractivity contribution < 1.29 is 14.7 Å². The standard InChI is InChI=1S/C21H25N3O3/c25-20(26)16-9-11-17(12-10-16)23-21(27)24-19(15-6-2-1-3-7-15)14-18-8-4-5-13-22-18/h1-8,13,16-17,19H,9-12,14H2,(H,25,26)(H2,23,24,27). The first-order chi connectivity index (χ1) is 13.1. The maximum Gasteiger partial charge on any atom is 0.315 e. The first-order valence-electron chi connectivity index (χ1n) is 9.36. The van der Waals surface area contributed by atoms with Gasteiger partial charge in [0, 0.05) is 24.4 Å². The lowest BCUT2D eigenvalue weighted by Crippen LogP contribution is -2.45. The Morgan fingerprint density at radius 3 is 2.37 bits per heavy atom. The average Bonchev–Trinajstić information content (AvgIpc) is 2.69. The summed E-state index contributed by atoms with van der Waals surface area (Å²) < 4.78 is 0. The molecular formula is C21H25N3O3. The SMILES string of the molecule is O=C(NC1CCC(C(=O)O)CC1)NC(Cc1ccccn1)c1ccccc1. The van der Waals surface area contributed by atoms with Crippen LogP contribution in [0, 0.1) is 5.92 Å². The van der Waals surface area contributed by atoms with Crippen molar-refractivity contribution in [1.29, 1.82) is 0 Å². The van der Waals surface area contributed by atoms with Crippen LogP contribution < -0.4 is 10.6 Å². The second-order valence-electron chi connectivity index (χ2n) is 6.99. The van der Waals surface area contributed by atoms with E-state index in [1.165, 1.54) is 0 Å². The highest BCUT2D eigenvalue weighted by Crippen LogP contribution is 2.24. The Labute approximate surface area is 159 Å². The van der Waals surface area contributed by atoms with Gasteiger partial charge < -0.3 is 15.7 Å². The molecular weight excluding hydrogens is 342 g/mol. The summed E-state index contributed by atoms with van der Waals surface area (Å²) in [4.78, 5) is 28.0. The number of aromatic nitrogens is 1. The predicted molar refractivity (Wildman–Crippen MR) is 102 cm³/mol. The fourth-order valence-electron chi connectivity index (χ4n) is 3.54. The van der Waals surface area contributed by atoms with Gasteiger partial charge in [-0.15, -0.1) is 0 Å². The lowest BCUT2D eigenvalue weighted by molar-refractivity contribution is -0.142. The van der Waals surface area contributed by atoms with E-state index >= 15 is 0 Å². The monoisotopic (exact) mass is 367 g/mol. The van der Waals surface area contributed by atoms with Crippen LogP contribution in [0.2, 0.25) is 0 Å². The minimum Gasteiger partial charge on any atom is -0.481 e. The van der Waals surface area contributed by atoms with Crippen LogP contribution in [0.3, 0.4) is 0 Å². The number of urea groups is 1. The molecule has 0 saturated heterocycles. The highest BCUT2D eigenvalue weighted by atomic mass is 16.4. The van der Waals surface area contributed by atoms with Gasteiger partial charge in [0.15, 0.2) is 0 Å². The molecule has 0 bridgehead atoms. The summed E-state index contributed by atoms with van der Waals surface area (Å²) in [6, 6.07) is 15.2. The lowest BCUT2D eigenvalue weighted by Gasteiger charge is -2.28. The Morgan fingerprint density at radius 1 is 1.04 bits per heavy atom. The van der Waals surface area contributed by atoms with Crippen LogP contribution in [0.1, 0.15) is 43.0 Å². The fourth-order valence-corrected chi connectivity index (χ4v) is 3.54. The number of hydrogen-bond donors (Lipinski definition) is 3. The number of aliphatic carboxylic acids is 1. The first kappa shape index (κ1) is 18.9. The summed E-state index contributed by atoms with van der Waals surface area (Å²) in [5, 5.41) is 15.1. The molecule has 6 nitrogen and oxygen atoms in total. The molecule has 6 heteroatoms. The van der Waals surface area contributed by atoms with Crippen LogP contribution in [0.15, 0.2) is 54.7 Å². The number of nitrogens with zero attached hydrogens (tertiary/aromatic N) is 1. The lowest BCUT2D eigenvalue weighted by atomic mass is 9.86. The van der Waals surface area contributed by atoms with Crippen molar-refractivity contribution in [2.24, 2.45) is 5.92 Å². The quantitative estimate of drug-likeness (QED) is 0.730. The van der Waals surface area contributed by atoms with Gasteiger partial charge in [-0.2, -0.15) is 0 Å². The van der Waals surface area contributed by atoms with Crippen LogP contribution in [-0.2, 0) is 11.2 Å². The van der Waals surface area contributed by atoms with Crippen LogP contribution in [0.25, 0.3) is 0 Å². The van der Waals surface area contributed by atoms with Crippen molar-refractivity contribution in [1.82, 2.24) is 15.6 Å². The number of nitrogens with one attached hydrogen (secondary N) is 2. The van der Waals surface area contributed by atoms with Crippen molar-refractivity contribution in [3.63, 3.8) is 0 Å². The minimum atomic E-state index is -0.739. The fraction of sp³-hybridized carbons (Fsp3) is 0.381. The zero-order chi connectivity index (χ0) is 19.1. The number of hydrogen-bond acceptors (Lipinski definition) is 3. The number of rotatable bonds is 6. The molecule has 1 fully saturated rings. The Hall–Kier alpha value is -2.89. The topological polar surface area (TPSA) is 91.3 Å². The molecule has 2 amide bonds. The van der Waals surface area contributed by atoms with Crippen LogP contribution in [0.4, 0.5) is 4.79 Å². The minimum absolute atomic E-state index is 0.0203. The van der Waals surface area contributed by atoms with Crippen molar-refractivity contribution in [2.75, 3.05) is 0 Å². The van der Waals surface area contributed by atoms with Gasteiger partial charge in [0.2, 0.25) is 0 Å². The van der Waals surface area contributed by atoms with E-state index in [0.29, 0.717) is 32.1 Å². The zero-order valence-electron chi connectivity index (χ0n) is 15.2. The van der Waals surface area contributed by atoms with Crippen molar-refractivity contribution in [2.45, 2.75) is 44.2 Å². The summed E-state index contributed by atoms with van der Waals surface area (Å²) in [6.45, 7) is 0. The van der Waals surface area contributed by atoms with Gasteiger partial charge in [-0.05, 0) is 43.4 Å². The summed E-state index contributed by atoms with van der Waals surface area (Å²) >= 11 is 0. The summed E-state index contributed by atoms with van der Waals surface area (Å²) in [7, 11) is 0. The number of pyridine rings is 1. The molecule has 142 valence electrons. The van der Waals surface area contributed by atoms with E-state index in [4.69, 9.17) is 5.11 Å². The number of carboxylic acids is 1.